The number of imide groups is 1. The molecule has 4 aromatic rings. The number of carbonyl (C=O) groups is 2. The largest absolute Gasteiger partial charge is 0.373 e. The van der Waals surface area contributed by atoms with Crippen LogP contribution >= 0.6 is 22.9 Å². The number of hydrogen-bond donors (Lipinski definition) is 0. The molecule has 0 atom stereocenters. The summed E-state index contributed by atoms with van der Waals surface area (Å²) in [4.78, 5) is 34.0. The zero-order valence-corrected chi connectivity index (χ0v) is 23.7. The van der Waals surface area contributed by atoms with E-state index >= 15 is 0 Å². The van der Waals surface area contributed by atoms with E-state index in [4.69, 9.17) is 16.3 Å². The van der Waals surface area contributed by atoms with Gasteiger partial charge < -0.3 is 9.64 Å². The van der Waals surface area contributed by atoms with Gasteiger partial charge in [0.2, 0.25) is 11.8 Å². The summed E-state index contributed by atoms with van der Waals surface area (Å²) in [5, 5.41) is 0.739. The Hall–Kier alpha value is -3.26. The maximum Gasteiger partial charge on any atom is 0.230 e. The molecule has 2 aliphatic heterocycles. The SMILES string of the molecule is O=C1CCC(=O)N1Cc1cc2nccc(-c3cc(Cl)cc4c3N([C@H]3C[C@@H](OCc5ccccc5)C3)CCC4)c2s1. The number of likely N-dealkylation sites (tertiary alicyclic amines) is 1. The van der Waals surface area contributed by atoms with Gasteiger partial charge in [0.15, 0.2) is 0 Å². The van der Waals surface area contributed by atoms with Crippen LogP contribution in [-0.2, 0) is 33.9 Å². The molecule has 1 saturated heterocycles. The molecule has 3 aliphatic rings. The second-order valence-electron chi connectivity index (χ2n) is 11.0. The van der Waals surface area contributed by atoms with Crippen molar-refractivity contribution in [2.75, 3.05) is 11.4 Å². The van der Waals surface area contributed by atoms with Crippen LogP contribution in [0, 0.1) is 0 Å². The second kappa shape index (κ2) is 10.6. The van der Waals surface area contributed by atoms with Gasteiger partial charge in [-0.25, -0.2) is 0 Å². The molecule has 1 saturated carbocycles. The first-order chi connectivity index (χ1) is 19.5. The van der Waals surface area contributed by atoms with Gasteiger partial charge in [0.25, 0.3) is 0 Å². The molecule has 7 rings (SSSR count). The highest BCUT2D eigenvalue weighted by Crippen LogP contribution is 2.46. The van der Waals surface area contributed by atoms with E-state index in [1.165, 1.54) is 21.7 Å². The van der Waals surface area contributed by atoms with Crippen LogP contribution in [0.4, 0.5) is 5.69 Å². The van der Waals surface area contributed by atoms with Gasteiger partial charge in [-0.3, -0.25) is 19.5 Å². The number of benzene rings is 2. The number of nitrogens with zero attached hydrogens (tertiary/aromatic N) is 3. The lowest BCUT2D eigenvalue weighted by Crippen LogP contribution is -2.50. The van der Waals surface area contributed by atoms with E-state index in [-0.39, 0.29) is 17.9 Å². The summed E-state index contributed by atoms with van der Waals surface area (Å²) in [7, 11) is 0. The third-order valence-electron chi connectivity index (χ3n) is 8.35. The molecule has 0 unspecified atom stereocenters. The van der Waals surface area contributed by atoms with Crippen LogP contribution in [0.15, 0.2) is 60.8 Å². The van der Waals surface area contributed by atoms with Crippen molar-refractivity contribution in [1.82, 2.24) is 9.88 Å². The molecule has 4 heterocycles. The second-order valence-corrected chi connectivity index (χ2v) is 12.5. The number of halogens is 1. The fraction of sp³-hybridized carbons (Fsp3) is 0.344. The van der Waals surface area contributed by atoms with Crippen LogP contribution in [0.3, 0.4) is 0 Å². The maximum absolute atomic E-state index is 12.2. The highest BCUT2D eigenvalue weighted by atomic mass is 35.5. The van der Waals surface area contributed by atoms with Crippen LogP contribution in [-0.4, -0.2) is 40.4 Å². The lowest BCUT2D eigenvalue weighted by Gasteiger charge is -2.47. The summed E-state index contributed by atoms with van der Waals surface area (Å²) < 4.78 is 7.29. The number of fused-ring (bicyclic) bond motifs is 2. The molecular weight excluding hydrogens is 542 g/mol. The fourth-order valence-corrected chi connectivity index (χ4v) is 7.63. The van der Waals surface area contributed by atoms with Crippen LogP contribution in [0.2, 0.25) is 5.02 Å². The topological polar surface area (TPSA) is 62.7 Å². The minimum atomic E-state index is -0.0956. The van der Waals surface area contributed by atoms with Crippen molar-refractivity contribution < 1.29 is 14.3 Å². The number of aromatic nitrogens is 1. The van der Waals surface area contributed by atoms with E-state index in [1.54, 1.807) is 11.3 Å². The average molecular weight is 572 g/mol. The molecule has 1 aliphatic carbocycles. The minimum Gasteiger partial charge on any atom is -0.373 e. The third-order valence-corrected chi connectivity index (χ3v) is 9.71. The number of carbonyl (C=O) groups excluding carboxylic acids is 2. The maximum atomic E-state index is 12.2. The van der Waals surface area contributed by atoms with Crippen LogP contribution in [0.5, 0.6) is 0 Å². The van der Waals surface area contributed by atoms with E-state index in [0.29, 0.717) is 32.0 Å². The molecule has 8 heteroatoms. The first-order valence-electron chi connectivity index (χ1n) is 14.0. The van der Waals surface area contributed by atoms with Gasteiger partial charge in [-0.1, -0.05) is 41.9 Å². The average Bonchev–Trinajstić information content (AvgIpc) is 3.50. The molecule has 2 fully saturated rings. The van der Waals surface area contributed by atoms with E-state index in [1.807, 2.05) is 18.3 Å². The predicted molar refractivity (Wildman–Crippen MR) is 159 cm³/mol. The van der Waals surface area contributed by atoms with E-state index in [0.717, 1.165) is 63.5 Å². The minimum absolute atomic E-state index is 0.0956. The van der Waals surface area contributed by atoms with Gasteiger partial charge in [-0.15, -0.1) is 11.3 Å². The van der Waals surface area contributed by atoms with Gasteiger partial charge in [-0.2, -0.15) is 0 Å². The number of amides is 2. The van der Waals surface area contributed by atoms with Crippen molar-refractivity contribution in [2.24, 2.45) is 0 Å². The number of ether oxygens (including phenoxy) is 1. The van der Waals surface area contributed by atoms with Gasteiger partial charge in [0, 0.05) is 58.3 Å². The summed E-state index contributed by atoms with van der Waals surface area (Å²) in [6.07, 6.45) is 6.86. The van der Waals surface area contributed by atoms with Crippen molar-refractivity contribution in [3.8, 4) is 11.1 Å². The summed E-state index contributed by atoms with van der Waals surface area (Å²) in [5.74, 6) is -0.191. The van der Waals surface area contributed by atoms with Crippen LogP contribution in [0.1, 0.15) is 48.1 Å². The molecule has 0 N–H and O–H groups in total. The monoisotopic (exact) mass is 571 g/mol. The number of rotatable bonds is 7. The number of hydrogen-bond acceptors (Lipinski definition) is 6. The molecule has 0 radical (unpaired) electrons. The molecule has 6 nitrogen and oxygen atoms in total. The van der Waals surface area contributed by atoms with Gasteiger partial charge in [-0.05, 0) is 61.1 Å². The Morgan fingerprint density at radius 3 is 2.58 bits per heavy atom. The van der Waals surface area contributed by atoms with E-state index < -0.39 is 0 Å². The Morgan fingerprint density at radius 1 is 0.975 bits per heavy atom. The first kappa shape index (κ1) is 25.7. The number of anilines is 1. The lowest BCUT2D eigenvalue weighted by molar-refractivity contribution is -0.138. The van der Waals surface area contributed by atoms with Crippen LogP contribution < -0.4 is 4.90 Å². The molecule has 0 spiro atoms. The Labute approximate surface area is 242 Å². The molecule has 40 heavy (non-hydrogen) atoms. The molecule has 204 valence electrons. The highest BCUT2D eigenvalue weighted by Gasteiger charge is 2.37. The summed E-state index contributed by atoms with van der Waals surface area (Å²) in [6.45, 7) is 1.98. The van der Waals surface area contributed by atoms with Crippen molar-refractivity contribution in [2.45, 2.75) is 63.8 Å². The molecule has 0 bridgehead atoms. The quantitative estimate of drug-likeness (QED) is 0.229. The predicted octanol–water partition coefficient (Wildman–Crippen LogP) is 6.77. The smallest absolute Gasteiger partial charge is 0.230 e. The van der Waals surface area contributed by atoms with Crippen LogP contribution in [0.25, 0.3) is 21.3 Å². The van der Waals surface area contributed by atoms with E-state index in [9.17, 15) is 9.59 Å². The number of pyridine rings is 1. The Morgan fingerprint density at radius 2 is 1.77 bits per heavy atom. The van der Waals surface area contributed by atoms with E-state index in [2.05, 4.69) is 52.3 Å². The third kappa shape index (κ3) is 4.80. The van der Waals surface area contributed by atoms with Crippen molar-refractivity contribution in [3.63, 3.8) is 0 Å². The standard InChI is InChI=1S/C32H30ClN3O3S/c33-22-13-21-7-4-12-35(23-15-24(16-23)39-19-20-5-2-1-3-6-20)31(21)27(14-22)26-10-11-34-28-17-25(40-32(26)28)18-36-29(37)8-9-30(36)38/h1-3,5-6,10-11,13-14,17,23-24H,4,7-9,12,15-16,18-19H2/t23-,24+. The number of thiophene rings is 1. The Balaban J connectivity index is 1.18. The number of aryl methyl sites for hydroxylation is 1. The van der Waals surface area contributed by atoms with Crippen molar-refractivity contribution in [3.05, 3.63) is 81.8 Å². The van der Waals surface area contributed by atoms with Crippen molar-refractivity contribution in [1.29, 1.82) is 0 Å². The molecule has 2 aromatic heterocycles. The van der Waals surface area contributed by atoms with Crippen molar-refractivity contribution >= 4 is 50.7 Å². The summed E-state index contributed by atoms with van der Waals surface area (Å²) >= 11 is 8.31. The summed E-state index contributed by atoms with van der Waals surface area (Å²) in [6, 6.07) is 19.1. The summed E-state index contributed by atoms with van der Waals surface area (Å²) in [5.41, 5.74) is 6.88. The van der Waals surface area contributed by atoms with Gasteiger partial charge in [0.05, 0.1) is 29.5 Å². The normalized spacial score (nSPS) is 20.7. The molecule has 2 amide bonds. The highest BCUT2D eigenvalue weighted by molar-refractivity contribution is 7.19. The molecular formula is C32H30ClN3O3S. The Bertz CT molecular complexity index is 1580. The van der Waals surface area contributed by atoms with Gasteiger partial charge in [0.1, 0.15) is 0 Å². The first-order valence-corrected chi connectivity index (χ1v) is 15.2. The Kier molecular flexibility index (Phi) is 6.82. The lowest BCUT2D eigenvalue weighted by atomic mass is 9.84. The molecule has 2 aromatic carbocycles. The van der Waals surface area contributed by atoms with Gasteiger partial charge >= 0.3 is 0 Å². The zero-order valence-electron chi connectivity index (χ0n) is 22.1. The zero-order chi connectivity index (χ0) is 27.2. The fourth-order valence-electron chi connectivity index (χ4n) is 6.26.